The summed E-state index contributed by atoms with van der Waals surface area (Å²) in [6.07, 6.45) is 0.849. The minimum Gasteiger partial charge on any atom is -0.384 e. The molecule has 1 aromatic carbocycles. The Balaban J connectivity index is 2.74. The Bertz CT molecular complexity index is 492. The molecule has 0 bridgehead atoms. The molecule has 0 aliphatic heterocycles. The maximum atomic E-state index is 12.5. The van der Waals surface area contributed by atoms with Crippen molar-refractivity contribution in [2.75, 3.05) is 23.4 Å². The highest BCUT2D eigenvalue weighted by molar-refractivity contribution is 7.99. The molecule has 0 aromatic heterocycles. The van der Waals surface area contributed by atoms with Crippen molar-refractivity contribution in [3.8, 4) is 0 Å². The molecule has 19 heavy (non-hydrogen) atoms. The zero-order valence-corrected chi connectivity index (χ0v) is 12.2. The lowest BCUT2D eigenvalue weighted by Crippen LogP contribution is -2.14. The molecule has 1 rings (SSSR count). The summed E-state index contributed by atoms with van der Waals surface area (Å²) < 4.78 is 48.1. The Morgan fingerprint density at radius 3 is 2.63 bits per heavy atom. The first-order valence-electron chi connectivity index (χ1n) is 5.92. The third-order valence-electron chi connectivity index (χ3n) is 2.41. The van der Waals surface area contributed by atoms with Crippen LogP contribution >= 0.6 is 11.8 Å². The maximum absolute atomic E-state index is 12.5. The Morgan fingerprint density at radius 1 is 1.32 bits per heavy atom. The molecular weight excluding hydrogens is 292 g/mol. The van der Waals surface area contributed by atoms with Gasteiger partial charge in [-0.15, -0.1) is 0 Å². The Morgan fingerprint density at radius 2 is 2.00 bits per heavy atom. The molecular formula is C12H17F2NO2S2. The van der Waals surface area contributed by atoms with Crippen LogP contribution in [-0.4, -0.2) is 32.2 Å². The normalized spacial score (nSPS) is 11.8. The van der Waals surface area contributed by atoms with Crippen molar-refractivity contribution < 1.29 is 17.2 Å². The van der Waals surface area contributed by atoms with E-state index in [1.807, 2.05) is 0 Å². The summed E-state index contributed by atoms with van der Waals surface area (Å²) in [5.41, 5.74) is 0.240. The van der Waals surface area contributed by atoms with E-state index >= 15 is 0 Å². The number of para-hydroxylation sites is 1. The van der Waals surface area contributed by atoms with Crippen molar-refractivity contribution in [2.45, 2.75) is 24.0 Å². The molecule has 7 heteroatoms. The van der Waals surface area contributed by atoms with Crippen LogP contribution in [0.15, 0.2) is 29.2 Å². The van der Waals surface area contributed by atoms with Crippen LogP contribution in [0.1, 0.15) is 13.3 Å². The van der Waals surface area contributed by atoms with Gasteiger partial charge in [0.25, 0.3) is 0 Å². The summed E-state index contributed by atoms with van der Waals surface area (Å²) in [6, 6.07) is 5.76. The smallest absolute Gasteiger partial charge is 0.341 e. The first-order chi connectivity index (χ1) is 9.00. The van der Waals surface area contributed by atoms with E-state index in [-0.39, 0.29) is 10.6 Å². The summed E-state index contributed by atoms with van der Waals surface area (Å²) in [5, 5.41) is 2.91. The number of hydrogen-bond donors (Lipinski definition) is 1. The topological polar surface area (TPSA) is 46.2 Å². The predicted molar refractivity (Wildman–Crippen MR) is 75.7 cm³/mol. The summed E-state index contributed by atoms with van der Waals surface area (Å²) >= 11 is 1.78. The Hall–Kier alpha value is -0.820. The Kier molecular flexibility index (Phi) is 6.57. The van der Waals surface area contributed by atoms with Gasteiger partial charge in [0.15, 0.2) is 0 Å². The number of anilines is 1. The summed E-state index contributed by atoms with van der Waals surface area (Å²) in [6.45, 7) is 2.62. The number of halogens is 2. The fraction of sp³-hybridized carbons (Fsp3) is 0.500. The summed E-state index contributed by atoms with van der Waals surface area (Å²) in [5.74, 6) is -1.42. The molecule has 0 amide bonds. The number of benzene rings is 1. The van der Waals surface area contributed by atoms with Crippen molar-refractivity contribution in [3.05, 3.63) is 24.3 Å². The van der Waals surface area contributed by atoms with E-state index < -0.39 is 15.6 Å². The van der Waals surface area contributed by atoms with E-state index in [2.05, 4.69) is 12.2 Å². The molecule has 0 saturated heterocycles. The second-order valence-corrected chi connectivity index (χ2v) is 7.06. The minimum atomic E-state index is -4.56. The van der Waals surface area contributed by atoms with E-state index in [0.29, 0.717) is 6.54 Å². The number of hydrogen-bond acceptors (Lipinski definition) is 4. The van der Waals surface area contributed by atoms with Crippen molar-refractivity contribution in [3.63, 3.8) is 0 Å². The quantitative estimate of drug-likeness (QED) is 0.749. The van der Waals surface area contributed by atoms with Crippen LogP contribution in [0.3, 0.4) is 0 Å². The molecule has 1 aromatic rings. The van der Waals surface area contributed by atoms with Crippen LogP contribution in [0.2, 0.25) is 0 Å². The monoisotopic (exact) mass is 309 g/mol. The third-order valence-corrected chi connectivity index (χ3v) is 4.84. The van der Waals surface area contributed by atoms with Gasteiger partial charge in [-0.05, 0) is 30.1 Å². The van der Waals surface area contributed by atoms with E-state index in [1.165, 1.54) is 18.2 Å². The second kappa shape index (κ2) is 7.69. The van der Waals surface area contributed by atoms with Crippen molar-refractivity contribution in [1.82, 2.24) is 0 Å². The maximum Gasteiger partial charge on any atom is 0.341 e. The average molecular weight is 309 g/mol. The lowest BCUT2D eigenvalue weighted by atomic mass is 10.3. The van der Waals surface area contributed by atoms with Gasteiger partial charge in [-0.3, -0.25) is 0 Å². The van der Waals surface area contributed by atoms with Crippen molar-refractivity contribution >= 4 is 27.3 Å². The van der Waals surface area contributed by atoms with Crippen molar-refractivity contribution in [2.24, 2.45) is 0 Å². The molecule has 0 unspecified atom stereocenters. The third kappa shape index (κ3) is 4.65. The zero-order chi connectivity index (χ0) is 14.3. The van der Waals surface area contributed by atoms with Gasteiger partial charge >= 0.3 is 5.76 Å². The minimum absolute atomic E-state index is 0.240. The lowest BCUT2D eigenvalue weighted by Gasteiger charge is -2.11. The zero-order valence-electron chi connectivity index (χ0n) is 10.6. The number of sulfone groups is 1. The van der Waals surface area contributed by atoms with Gasteiger partial charge in [-0.2, -0.15) is 20.5 Å². The number of nitrogens with one attached hydrogen (secondary N) is 1. The summed E-state index contributed by atoms with van der Waals surface area (Å²) in [7, 11) is -4.56. The largest absolute Gasteiger partial charge is 0.384 e. The molecule has 0 saturated carbocycles. The second-order valence-electron chi connectivity index (χ2n) is 3.78. The van der Waals surface area contributed by atoms with Crippen LogP contribution < -0.4 is 5.32 Å². The highest BCUT2D eigenvalue weighted by atomic mass is 32.2. The van der Waals surface area contributed by atoms with Gasteiger partial charge in [0, 0.05) is 6.54 Å². The fourth-order valence-electron chi connectivity index (χ4n) is 1.50. The first-order valence-corrected chi connectivity index (χ1v) is 8.63. The number of thioether (sulfide) groups is 1. The van der Waals surface area contributed by atoms with Gasteiger partial charge in [0.1, 0.15) is 0 Å². The van der Waals surface area contributed by atoms with Crippen molar-refractivity contribution in [1.29, 1.82) is 0 Å². The van der Waals surface area contributed by atoms with Gasteiger partial charge < -0.3 is 5.32 Å². The predicted octanol–water partition coefficient (Wildman–Crippen LogP) is 3.24. The SMILES string of the molecule is CCSCCCNc1ccccc1S(=O)(=O)C(F)F. The van der Waals surface area contributed by atoms with E-state index in [4.69, 9.17) is 0 Å². The van der Waals surface area contributed by atoms with Gasteiger partial charge in [-0.1, -0.05) is 19.1 Å². The fourth-order valence-corrected chi connectivity index (χ4v) is 3.04. The van der Waals surface area contributed by atoms with Crippen LogP contribution in [0.25, 0.3) is 0 Å². The molecule has 0 fully saturated rings. The molecule has 0 atom stereocenters. The van der Waals surface area contributed by atoms with Crippen LogP contribution in [-0.2, 0) is 9.84 Å². The molecule has 0 heterocycles. The van der Waals surface area contributed by atoms with Gasteiger partial charge in [-0.25, -0.2) is 8.42 Å². The summed E-state index contributed by atoms with van der Waals surface area (Å²) in [4.78, 5) is -0.340. The number of rotatable bonds is 8. The van der Waals surface area contributed by atoms with Crippen LogP contribution in [0.4, 0.5) is 14.5 Å². The Labute approximate surface area is 116 Å². The first kappa shape index (κ1) is 16.2. The lowest BCUT2D eigenvalue weighted by molar-refractivity contribution is 0.235. The van der Waals surface area contributed by atoms with Crippen LogP contribution in [0.5, 0.6) is 0 Å². The van der Waals surface area contributed by atoms with E-state index in [9.17, 15) is 17.2 Å². The molecule has 0 aliphatic carbocycles. The molecule has 108 valence electrons. The van der Waals surface area contributed by atoms with Gasteiger partial charge in [0.2, 0.25) is 9.84 Å². The van der Waals surface area contributed by atoms with E-state index in [1.54, 1.807) is 17.8 Å². The molecule has 0 radical (unpaired) electrons. The molecule has 1 N–H and O–H groups in total. The molecule has 0 aliphatic rings. The highest BCUT2D eigenvalue weighted by Crippen LogP contribution is 2.25. The number of alkyl halides is 2. The average Bonchev–Trinajstić information content (AvgIpc) is 2.38. The highest BCUT2D eigenvalue weighted by Gasteiger charge is 2.28. The standard InChI is InChI=1S/C12H17F2NO2S2/c1-2-18-9-5-8-15-10-6-3-4-7-11(10)19(16,17)12(13)14/h3-4,6-7,12,15H,2,5,8-9H2,1H3. The van der Waals surface area contributed by atoms with Crippen LogP contribution in [0, 0.1) is 0 Å². The van der Waals surface area contributed by atoms with E-state index in [0.717, 1.165) is 17.9 Å². The van der Waals surface area contributed by atoms with Gasteiger partial charge in [0.05, 0.1) is 10.6 Å². The molecule has 3 nitrogen and oxygen atoms in total. The molecule has 0 spiro atoms.